The molecule has 0 N–H and O–H groups in total. The topological polar surface area (TPSA) is 50.5 Å². The molecule has 2 heterocycles. The van der Waals surface area contributed by atoms with Crippen LogP contribution in [-0.4, -0.2) is 9.97 Å². The van der Waals surface area contributed by atoms with Gasteiger partial charge in [-0.25, -0.2) is 35.1 Å². The van der Waals surface area contributed by atoms with E-state index in [0.717, 1.165) is 56.3 Å². The molecule has 2 aromatic heterocycles. The van der Waals surface area contributed by atoms with Gasteiger partial charge in [-0.3, -0.25) is 9.97 Å². The summed E-state index contributed by atoms with van der Waals surface area (Å²) in [6, 6.07) is 7.88. The lowest BCUT2D eigenvalue weighted by atomic mass is 10.2. The average Bonchev–Trinajstić information content (AvgIpc) is 2.94. The standard InChI is InChI=1S/C12F8I2N2.C12H10N2/c13-1-5(17)11(6(18)2(14)9(1)21)23-24-12-7(19)3(15)10(22)4(16)8(12)20;1(11-3-7-13-8-4-11)2-12-5-9-14-10-6-12/h;1-10H/b;2-1+. The average molecular weight is 760 g/mol. The van der Waals surface area contributed by atoms with Crippen molar-refractivity contribution < 1.29 is 35.1 Å². The lowest BCUT2D eigenvalue weighted by Gasteiger charge is -2.06. The summed E-state index contributed by atoms with van der Waals surface area (Å²) < 4.78 is 106. The van der Waals surface area contributed by atoms with Gasteiger partial charge in [-0.05, 0) is 80.6 Å². The highest BCUT2D eigenvalue weighted by atomic mass is 127. The van der Waals surface area contributed by atoms with Gasteiger partial charge in [0.1, 0.15) is 0 Å². The molecule has 0 fully saturated rings. The Balaban J connectivity index is 0.000000241. The summed E-state index contributed by atoms with van der Waals surface area (Å²) in [6.07, 6.45) is 11.2. The van der Waals surface area contributed by atoms with Crippen LogP contribution in [0.25, 0.3) is 12.2 Å². The lowest BCUT2D eigenvalue weighted by Crippen LogP contribution is -2.00. The first-order valence-electron chi connectivity index (χ1n) is 9.97. The fourth-order valence-electron chi connectivity index (χ4n) is 2.60. The van der Waals surface area contributed by atoms with Crippen LogP contribution in [-0.2, 0) is 0 Å². The van der Waals surface area contributed by atoms with Crippen LogP contribution in [0.1, 0.15) is 11.1 Å². The van der Waals surface area contributed by atoms with Crippen LogP contribution >= 0.6 is 45.2 Å². The molecule has 0 spiro atoms. The normalized spacial score (nSPS) is 11.2. The van der Waals surface area contributed by atoms with E-state index in [4.69, 9.17) is 0 Å². The second-order valence-corrected chi connectivity index (χ2v) is 9.09. The molecule has 0 unspecified atom stereocenters. The summed E-state index contributed by atoms with van der Waals surface area (Å²) in [7, 11) is 0. The van der Waals surface area contributed by atoms with Gasteiger partial charge < -0.3 is 0 Å². The van der Waals surface area contributed by atoms with Crippen LogP contribution in [0.4, 0.5) is 46.5 Å². The SMILES string of the molecule is C(=C\c1ccncc1)/c1ccncc1.Fc1c(F)c(N=Nc2c(F)c(F)c(I)c(F)c2F)c(F)c(F)c1I. The summed E-state index contributed by atoms with van der Waals surface area (Å²) >= 11 is 1.95. The van der Waals surface area contributed by atoms with Gasteiger partial charge in [0.05, 0.1) is 7.14 Å². The lowest BCUT2D eigenvalue weighted by molar-refractivity contribution is 0.444. The zero-order valence-electron chi connectivity index (χ0n) is 18.3. The molecule has 0 aliphatic heterocycles. The molecule has 0 saturated carbocycles. The van der Waals surface area contributed by atoms with E-state index in [2.05, 4.69) is 32.3 Å². The molecular formula is C24H10F8I2N4. The number of pyridine rings is 2. The van der Waals surface area contributed by atoms with Crippen LogP contribution in [0, 0.1) is 53.7 Å². The largest absolute Gasteiger partial charge is 0.265 e. The Bertz CT molecular complexity index is 1350. The quantitative estimate of drug-likeness (QED) is 0.0686. The number of hydrogen-bond donors (Lipinski definition) is 0. The first kappa shape index (κ1) is 29.5. The molecule has 0 bridgehead atoms. The molecule has 4 aromatic rings. The van der Waals surface area contributed by atoms with Crippen LogP contribution in [0.3, 0.4) is 0 Å². The number of benzene rings is 2. The van der Waals surface area contributed by atoms with Crippen molar-refractivity contribution in [1.29, 1.82) is 0 Å². The zero-order valence-corrected chi connectivity index (χ0v) is 22.7. The van der Waals surface area contributed by atoms with Crippen molar-refractivity contribution in [2.45, 2.75) is 0 Å². The molecule has 14 heteroatoms. The van der Waals surface area contributed by atoms with E-state index in [1.807, 2.05) is 24.3 Å². The van der Waals surface area contributed by atoms with Crippen molar-refractivity contribution in [3.8, 4) is 0 Å². The Kier molecular flexibility index (Phi) is 10.2. The molecule has 0 atom stereocenters. The second kappa shape index (κ2) is 13.2. The van der Waals surface area contributed by atoms with Gasteiger partial charge in [-0.2, -0.15) is 0 Å². The predicted molar refractivity (Wildman–Crippen MR) is 140 cm³/mol. The van der Waals surface area contributed by atoms with Crippen molar-refractivity contribution in [2.75, 3.05) is 0 Å². The first-order chi connectivity index (χ1) is 18.0. The van der Waals surface area contributed by atoms with Crippen LogP contribution in [0.15, 0.2) is 59.3 Å². The summed E-state index contributed by atoms with van der Waals surface area (Å²) in [6.45, 7) is 0. The molecule has 0 saturated heterocycles. The van der Waals surface area contributed by atoms with E-state index < -0.39 is 65.1 Å². The third-order valence-corrected chi connectivity index (χ3v) is 6.40. The maximum absolute atomic E-state index is 13.6. The first-order valence-corrected chi connectivity index (χ1v) is 12.1. The fraction of sp³-hybridized carbons (Fsp3) is 0. The molecule has 0 aliphatic carbocycles. The van der Waals surface area contributed by atoms with Crippen molar-refractivity contribution in [1.82, 2.24) is 9.97 Å². The molecule has 0 amide bonds. The number of rotatable bonds is 4. The number of halogens is 10. The van der Waals surface area contributed by atoms with Gasteiger partial charge in [0, 0.05) is 24.8 Å². The van der Waals surface area contributed by atoms with Crippen molar-refractivity contribution >= 4 is 68.7 Å². The van der Waals surface area contributed by atoms with Gasteiger partial charge in [-0.15, -0.1) is 10.2 Å². The van der Waals surface area contributed by atoms with E-state index in [-0.39, 0.29) is 0 Å². The summed E-state index contributed by atoms with van der Waals surface area (Å²) in [5, 5.41) is 5.30. The summed E-state index contributed by atoms with van der Waals surface area (Å²) in [4.78, 5) is 7.91. The predicted octanol–water partition coefficient (Wildman–Crippen LogP) is 9.07. The van der Waals surface area contributed by atoms with E-state index in [1.165, 1.54) is 0 Å². The highest BCUT2D eigenvalue weighted by molar-refractivity contribution is 14.1. The van der Waals surface area contributed by atoms with Gasteiger partial charge in [0.25, 0.3) is 0 Å². The van der Waals surface area contributed by atoms with Crippen molar-refractivity contribution in [3.63, 3.8) is 0 Å². The Hall–Kier alpha value is -3.02. The zero-order chi connectivity index (χ0) is 28.0. The fourth-order valence-corrected chi connectivity index (χ4v) is 3.55. The van der Waals surface area contributed by atoms with Gasteiger partial charge in [0.15, 0.2) is 57.9 Å². The Morgan fingerprint density at radius 2 is 0.737 bits per heavy atom. The minimum absolute atomic E-state index is 0.977. The molecule has 2 aromatic carbocycles. The maximum Gasteiger partial charge on any atom is 0.190 e. The minimum Gasteiger partial charge on any atom is -0.265 e. The number of aromatic nitrogens is 2. The maximum atomic E-state index is 13.6. The minimum atomic E-state index is -1.99. The number of azo groups is 1. The number of nitrogens with zero attached hydrogens (tertiary/aromatic N) is 4. The van der Waals surface area contributed by atoms with Gasteiger partial charge in [0.2, 0.25) is 0 Å². The molecule has 0 aliphatic rings. The third kappa shape index (κ3) is 6.69. The third-order valence-electron chi connectivity index (χ3n) is 4.50. The second-order valence-electron chi connectivity index (χ2n) is 6.93. The Morgan fingerprint density at radius 3 is 1.00 bits per heavy atom. The van der Waals surface area contributed by atoms with Gasteiger partial charge >= 0.3 is 0 Å². The highest BCUT2D eigenvalue weighted by Gasteiger charge is 2.26. The van der Waals surface area contributed by atoms with Crippen molar-refractivity contribution in [2.24, 2.45) is 10.2 Å². The molecule has 196 valence electrons. The molecule has 0 radical (unpaired) electrons. The van der Waals surface area contributed by atoms with E-state index in [9.17, 15) is 35.1 Å². The Labute approximate surface area is 236 Å². The van der Waals surface area contributed by atoms with Crippen LogP contribution in [0.2, 0.25) is 0 Å². The number of hydrogen-bond acceptors (Lipinski definition) is 4. The van der Waals surface area contributed by atoms with E-state index in [0.29, 0.717) is 0 Å². The highest BCUT2D eigenvalue weighted by Crippen LogP contribution is 2.35. The monoisotopic (exact) mass is 760 g/mol. The Morgan fingerprint density at radius 1 is 0.474 bits per heavy atom. The van der Waals surface area contributed by atoms with Crippen LogP contribution in [0.5, 0.6) is 0 Å². The van der Waals surface area contributed by atoms with Crippen LogP contribution < -0.4 is 0 Å². The molecular weight excluding hydrogens is 750 g/mol. The summed E-state index contributed by atoms with van der Waals surface area (Å²) in [5.41, 5.74) is -0.999. The van der Waals surface area contributed by atoms with Crippen molar-refractivity contribution in [3.05, 3.63) is 114 Å². The summed E-state index contributed by atoms with van der Waals surface area (Å²) in [5.74, 6) is -15.2. The van der Waals surface area contributed by atoms with Gasteiger partial charge in [-0.1, -0.05) is 12.2 Å². The molecule has 38 heavy (non-hydrogen) atoms. The van der Waals surface area contributed by atoms with E-state index in [1.54, 1.807) is 24.8 Å². The van der Waals surface area contributed by atoms with E-state index >= 15 is 0 Å². The molecule has 4 nitrogen and oxygen atoms in total. The molecule has 4 rings (SSSR count). The smallest absolute Gasteiger partial charge is 0.190 e.